The monoisotopic (exact) mass is 310 g/mol. The molecule has 0 saturated heterocycles. The second-order valence-corrected chi connectivity index (χ2v) is 4.81. The molecule has 0 saturated carbocycles. The van der Waals surface area contributed by atoms with Crippen LogP contribution in [0.1, 0.15) is 18.4 Å². The van der Waals surface area contributed by atoms with Gasteiger partial charge in [-0.05, 0) is 11.6 Å². The van der Waals surface area contributed by atoms with E-state index < -0.39 is 5.97 Å². The largest absolute Gasteiger partial charge is 0.481 e. The predicted molar refractivity (Wildman–Crippen MR) is 69.0 cm³/mol. The van der Waals surface area contributed by atoms with Gasteiger partial charge in [0.05, 0.1) is 25.1 Å². The van der Waals surface area contributed by atoms with E-state index in [4.69, 9.17) is 5.11 Å². The molecule has 6 heteroatoms. The lowest BCUT2D eigenvalue weighted by atomic mass is 10.2. The van der Waals surface area contributed by atoms with E-state index >= 15 is 0 Å². The van der Waals surface area contributed by atoms with E-state index in [1.54, 1.807) is 0 Å². The summed E-state index contributed by atoms with van der Waals surface area (Å²) in [5.74, 6) is -1.13. The van der Waals surface area contributed by atoms with Gasteiger partial charge in [0, 0.05) is 4.47 Å². The number of rotatable bonds is 4. The number of hydrogen-bond acceptors (Lipinski definition) is 3. The van der Waals surface area contributed by atoms with Crippen LogP contribution in [0.25, 0.3) is 0 Å². The molecule has 1 aromatic carbocycles. The Labute approximate surface area is 112 Å². The molecule has 5 nitrogen and oxygen atoms in total. The van der Waals surface area contributed by atoms with Gasteiger partial charge in [-0.2, -0.15) is 5.10 Å². The van der Waals surface area contributed by atoms with Crippen molar-refractivity contribution in [3.05, 3.63) is 34.3 Å². The molecule has 0 spiro atoms. The Hall–Kier alpha value is -1.69. The molecule has 1 aromatic rings. The molecule has 0 bridgehead atoms. The first-order valence-electron chi connectivity index (χ1n) is 5.38. The van der Waals surface area contributed by atoms with Crippen molar-refractivity contribution in [2.24, 2.45) is 5.10 Å². The third-order valence-electron chi connectivity index (χ3n) is 2.54. The second kappa shape index (κ2) is 5.30. The highest BCUT2D eigenvalue weighted by Crippen LogP contribution is 2.20. The fourth-order valence-electron chi connectivity index (χ4n) is 1.71. The van der Waals surface area contributed by atoms with Crippen LogP contribution in [-0.2, 0) is 16.1 Å². The van der Waals surface area contributed by atoms with Crippen LogP contribution >= 0.6 is 15.9 Å². The fraction of sp³-hybridized carbons (Fsp3) is 0.250. The van der Waals surface area contributed by atoms with Crippen LogP contribution < -0.4 is 0 Å². The third kappa shape index (κ3) is 2.95. The topological polar surface area (TPSA) is 70.0 Å². The molecule has 0 unspecified atom stereocenters. The number of halogens is 1. The van der Waals surface area contributed by atoms with Gasteiger partial charge in [-0.3, -0.25) is 9.59 Å². The molecule has 0 fully saturated rings. The highest BCUT2D eigenvalue weighted by Gasteiger charge is 2.25. The molecule has 0 radical (unpaired) electrons. The minimum Gasteiger partial charge on any atom is -0.481 e. The summed E-state index contributed by atoms with van der Waals surface area (Å²) in [5.41, 5.74) is 1.34. The van der Waals surface area contributed by atoms with E-state index in [1.165, 1.54) is 5.01 Å². The smallest absolute Gasteiger partial charge is 0.309 e. The summed E-state index contributed by atoms with van der Waals surface area (Å²) >= 11 is 3.40. The summed E-state index contributed by atoms with van der Waals surface area (Å²) in [6, 6.07) is 7.54. The molecule has 1 aliphatic heterocycles. The van der Waals surface area contributed by atoms with Crippen LogP contribution in [0.2, 0.25) is 0 Å². The van der Waals surface area contributed by atoms with Crippen molar-refractivity contribution in [1.29, 1.82) is 0 Å². The molecule has 18 heavy (non-hydrogen) atoms. The van der Waals surface area contributed by atoms with E-state index in [1.807, 2.05) is 24.3 Å². The van der Waals surface area contributed by atoms with E-state index in [0.29, 0.717) is 12.3 Å². The molecule has 1 aliphatic rings. The van der Waals surface area contributed by atoms with E-state index in [0.717, 1.165) is 10.0 Å². The molecule has 1 amide bonds. The molecular formula is C12H11BrN2O3. The zero-order chi connectivity index (χ0) is 13.1. The quantitative estimate of drug-likeness (QED) is 0.925. The van der Waals surface area contributed by atoms with Crippen LogP contribution in [0.5, 0.6) is 0 Å². The lowest BCUT2D eigenvalue weighted by Crippen LogP contribution is -2.20. The van der Waals surface area contributed by atoms with Crippen molar-refractivity contribution in [2.45, 2.75) is 19.4 Å². The number of aliphatic carboxylic acids is 1. The lowest BCUT2D eigenvalue weighted by Gasteiger charge is -2.12. The Morgan fingerprint density at radius 1 is 1.44 bits per heavy atom. The summed E-state index contributed by atoms with van der Waals surface area (Å²) in [6.45, 7) is 0.351. The van der Waals surface area contributed by atoms with Crippen molar-refractivity contribution in [3.63, 3.8) is 0 Å². The first-order valence-corrected chi connectivity index (χ1v) is 6.17. The zero-order valence-corrected chi connectivity index (χ0v) is 11.1. The summed E-state index contributed by atoms with van der Waals surface area (Å²) < 4.78 is 0.902. The number of benzene rings is 1. The van der Waals surface area contributed by atoms with Gasteiger partial charge in [0.15, 0.2) is 0 Å². The Balaban J connectivity index is 2.10. The maximum atomic E-state index is 11.7. The molecule has 2 rings (SSSR count). The molecular weight excluding hydrogens is 300 g/mol. The van der Waals surface area contributed by atoms with Crippen molar-refractivity contribution in [2.75, 3.05) is 0 Å². The fourth-order valence-corrected chi connectivity index (χ4v) is 2.12. The van der Waals surface area contributed by atoms with Gasteiger partial charge in [-0.15, -0.1) is 0 Å². The number of amides is 1. The van der Waals surface area contributed by atoms with Gasteiger partial charge in [-0.25, -0.2) is 5.01 Å². The number of hydrogen-bond donors (Lipinski definition) is 1. The number of hydrazone groups is 1. The Kier molecular flexibility index (Phi) is 3.76. The SMILES string of the molecule is O=C(O)CC1=NN(Cc2ccccc2Br)C(=O)C1. The normalized spacial score (nSPS) is 14.8. The number of carboxylic acid groups (broad SMARTS) is 1. The van der Waals surface area contributed by atoms with Gasteiger partial charge in [-0.1, -0.05) is 34.1 Å². The Bertz CT molecular complexity index is 528. The van der Waals surface area contributed by atoms with Gasteiger partial charge >= 0.3 is 5.97 Å². The first-order chi connectivity index (χ1) is 8.56. The maximum Gasteiger partial charge on any atom is 0.309 e. The van der Waals surface area contributed by atoms with E-state index in [2.05, 4.69) is 21.0 Å². The number of carbonyl (C=O) groups is 2. The van der Waals surface area contributed by atoms with Crippen molar-refractivity contribution in [1.82, 2.24) is 5.01 Å². The van der Waals surface area contributed by atoms with Crippen LogP contribution in [-0.4, -0.2) is 27.7 Å². The number of carbonyl (C=O) groups excluding carboxylic acids is 1. The van der Waals surface area contributed by atoms with Gasteiger partial charge in [0.25, 0.3) is 0 Å². The van der Waals surface area contributed by atoms with Gasteiger partial charge in [0.1, 0.15) is 0 Å². The lowest BCUT2D eigenvalue weighted by molar-refractivity contribution is -0.135. The highest BCUT2D eigenvalue weighted by molar-refractivity contribution is 9.10. The minimum atomic E-state index is -0.968. The molecule has 1 N–H and O–H groups in total. The maximum absolute atomic E-state index is 11.7. The summed E-state index contributed by atoms with van der Waals surface area (Å²) in [7, 11) is 0. The number of carboxylic acids is 1. The second-order valence-electron chi connectivity index (χ2n) is 3.96. The van der Waals surface area contributed by atoms with Crippen LogP contribution in [0, 0.1) is 0 Å². The average Bonchev–Trinajstić information content (AvgIpc) is 2.61. The van der Waals surface area contributed by atoms with Crippen LogP contribution in [0.15, 0.2) is 33.8 Å². The molecule has 94 valence electrons. The Morgan fingerprint density at radius 3 is 2.83 bits per heavy atom. The summed E-state index contributed by atoms with van der Waals surface area (Å²) in [6.07, 6.45) is -0.0883. The highest BCUT2D eigenvalue weighted by atomic mass is 79.9. The van der Waals surface area contributed by atoms with E-state index in [9.17, 15) is 9.59 Å². The van der Waals surface area contributed by atoms with Gasteiger partial charge in [0.2, 0.25) is 5.91 Å². The third-order valence-corrected chi connectivity index (χ3v) is 3.31. The number of nitrogens with zero attached hydrogens (tertiary/aromatic N) is 2. The summed E-state index contributed by atoms with van der Waals surface area (Å²) in [4.78, 5) is 22.2. The van der Waals surface area contributed by atoms with Crippen LogP contribution in [0.4, 0.5) is 0 Å². The average molecular weight is 311 g/mol. The van der Waals surface area contributed by atoms with Crippen molar-refractivity contribution in [3.8, 4) is 0 Å². The first kappa shape index (κ1) is 12.8. The predicted octanol–water partition coefficient (Wildman–Crippen LogP) is 2.01. The van der Waals surface area contributed by atoms with Crippen LogP contribution in [0.3, 0.4) is 0 Å². The summed E-state index contributed by atoms with van der Waals surface area (Å²) in [5, 5.41) is 14.0. The molecule has 0 atom stereocenters. The molecule has 0 aromatic heterocycles. The van der Waals surface area contributed by atoms with E-state index in [-0.39, 0.29) is 18.7 Å². The van der Waals surface area contributed by atoms with Crippen molar-refractivity contribution < 1.29 is 14.7 Å². The zero-order valence-electron chi connectivity index (χ0n) is 9.47. The molecule has 0 aliphatic carbocycles. The Morgan fingerprint density at radius 2 is 2.17 bits per heavy atom. The standard InChI is InChI=1S/C12H11BrN2O3/c13-10-4-2-1-3-8(10)7-15-11(16)5-9(14-15)6-12(17)18/h1-4H,5-7H2,(H,17,18). The molecule has 1 heterocycles. The van der Waals surface area contributed by atoms with Gasteiger partial charge < -0.3 is 5.11 Å². The van der Waals surface area contributed by atoms with Crippen molar-refractivity contribution >= 4 is 33.5 Å². The minimum absolute atomic E-state index is 0.0940.